The number of benzene rings is 3. The molecule has 1 aliphatic carbocycles. The second-order valence-electron chi connectivity index (χ2n) is 11.0. The highest BCUT2D eigenvalue weighted by atomic mass is 35.5. The zero-order valence-electron chi connectivity index (χ0n) is 24.4. The van der Waals surface area contributed by atoms with E-state index in [1.165, 1.54) is 17.0 Å². The van der Waals surface area contributed by atoms with Crippen LogP contribution in [0.3, 0.4) is 0 Å². The van der Waals surface area contributed by atoms with Crippen molar-refractivity contribution < 1.29 is 18.0 Å². The standard InChI is InChI=1S/C32H37Cl2N3O4S/c1-21-12-16-28(17-13-21)42(40,41)37(30-11-7-8-22(2)23(30)3)20-31(38)36(19-25-14-15-26(33)18-29(25)34)24(4)32(39)35-27-9-5-6-10-27/h7-8,11-18,24,27H,5-6,9-10,19-20H2,1-4H3,(H,35,39)/t24-/m0/s1. The molecule has 0 spiro atoms. The average molecular weight is 631 g/mol. The van der Waals surface area contributed by atoms with Crippen LogP contribution in [0.15, 0.2) is 65.6 Å². The molecular weight excluding hydrogens is 593 g/mol. The molecule has 1 atom stereocenters. The van der Waals surface area contributed by atoms with Gasteiger partial charge in [-0.3, -0.25) is 13.9 Å². The van der Waals surface area contributed by atoms with Crippen LogP contribution in [0.5, 0.6) is 0 Å². The van der Waals surface area contributed by atoms with Gasteiger partial charge in [0.15, 0.2) is 0 Å². The van der Waals surface area contributed by atoms with E-state index in [0.29, 0.717) is 21.3 Å². The van der Waals surface area contributed by atoms with Gasteiger partial charge in [0.25, 0.3) is 10.0 Å². The molecule has 1 fully saturated rings. The van der Waals surface area contributed by atoms with E-state index in [1.54, 1.807) is 49.4 Å². The predicted molar refractivity (Wildman–Crippen MR) is 168 cm³/mol. The minimum Gasteiger partial charge on any atom is -0.352 e. The summed E-state index contributed by atoms with van der Waals surface area (Å²) in [6, 6.07) is 16.0. The van der Waals surface area contributed by atoms with Gasteiger partial charge < -0.3 is 10.2 Å². The molecule has 3 aromatic carbocycles. The summed E-state index contributed by atoms with van der Waals surface area (Å²) >= 11 is 12.6. The van der Waals surface area contributed by atoms with Crippen LogP contribution in [-0.2, 0) is 26.2 Å². The second kappa shape index (κ2) is 13.5. The van der Waals surface area contributed by atoms with Crippen molar-refractivity contribution in [1.82, 2.24) is 10.2 Å². The molecule has 0 saturated heterocycles. The van der Waals surface area contributed by atoms with E-state index in [0.717, 1.165) is 46.7 Å². The fraction of sp³-hybridized carbons (Fsp3) is 0.375. The zero-order valence-corrected chi connectivity index (χ0v) is 26.7. The van der Waals surface area contributed by atoms with Crippen LogP contribution in [0.4, 0.5) is 5.69 Å². The molecule has 4 rings (SSSR count). The van der Waals surface area contributed by atoms with Gasteiger partial charge in [-0.05, 0) is 87.6 Å². The van der Waals surface area contributed by atoms with Crippen molar-refractivity contribution >= 4 is 50.7 Å². The minimum absolute atomic E-state index is 0.000687. The lowest BCUT2D eigenvalue weighted by Crippen LogP contribution is -2.52. The number of rotatable bonds is 10. The maximum absolute atomic E-state index is 14.2. The van der Waals surface area contributed by atoms with E-state index in [4.69, 9.17) is 23.2 Å². The number of halogens is 2. The number of carbonyl (C=O) groups is 2. The van der Waals surface area contributed by atoms with Crippen LogP contribution in [0.25, 0.3) is 0 Å². The molecular formula is C32H37Cl2N3O4S. The monoisotopic (exact) mass is 629 g/mol. The number of nitrogens with one attached hydrogen (secondary N) is 1. The summed E-state index contributed by atoms with van der Waals surface area (Å²) in [6.07, 6.45) is 3.88. The van der Waals surface area contributed by atoms with Gasteiger partial charge in [-0.15, -0.1) is 0 Å². The zero-order chi connectivity index (χ0) is 30.6. The molecule has 0 aliphatic heterocycles. The Balaban J connectivity index is 1.74. The van der Waals surface area contributed by atoms with Crippen LogP contribution in [0.1, 0.15) is 54.9 Å². The Labute approximate surface area is 258 Å². The summed E-state index contributed by atoms with van der Waals surface area (Å²) in [6.45, 7) is 6.74. The molecule has 2 amide bonds. The van der Waals surface area contributed by atoms with Gasteiger partial charge in [-0.1, -0.05) is 71.9 Å². The molecule has 1 N–H and O–H groups in total. The minimum atomic E-state index is -4.15. The summed E-state index contributed by atoms with van der Waals surface area (Å²) < 4.78 is 29.3. The first kappa shape index (κ1) is 31.9. The SMILES string of the molecule is Cc1ccc(S(=O)(=O)N(CC(=O)N(Cc2ccc(Cl)cc2Cl)[C@@H](C)C(=O)NC2CCCC2)c2cccc(C)c2C)cc1. The molecule has 0 unspecified atom stereocenters. The van der Waals surface area contributed by atoms with Crippen molar-refractivity contribution in [2.45, 2.75) is 76.9 Å². The van der Waals surface area contributed by atoms with Crippen LogP contribution in [0, 0.1) is 20.8 Å². The van der Waals surface area contributed by atoms with Gasteiger partial charge >= 0.3 is 0 Å². The van der Waals surface area contributed by atoms with E-state index < -0.39 is 28.5 Å². The van der Waals surface area contributed by atoms with E-state index in [-0.39, 0.29) is 23.4 Å². The van der Waals surface area contributed by atoms with E-state index in [9.17, 15) is 18.0 Å². The van der Waals surface area contributed by atoms with E-state index in [1.807, 2.05) is 26.8 Å². The third-order valence-corrected chi connectivity index (χ3v) is 10.3. The number of aryl methyl sites for hydroxylation is 2. The Bertz CT molecular complexity index is 1550. The van der Waals surface area contributed by atoms with Crippen molar-refractivity contribution in [3.63, 3.8) is 0 Å². The number of nitrogens with zero attached hydrogens (tertiary/aromatic N) is 2. The third kappa shape index (κ3) is 7.28. The third-order valence-electron chi connectivity index (χ3n) is 7.96. The number of hydrogen-bond donors (Lipinski definition) is 1. The fourth-order valence-electron chi connectivity index (χ4n) is 5.16. The molecule has 7 nitrogen and oxygen atoms in total. The molecule has 1 aliphatic rings. The van der Waals surface area contributed by atoms with Gasteiger partial charge in [-0.2, -0.15) is 0 Å². The Hall–Kier alpha value is -3.07. The highest BCUT2D eigenvalue weighted by Crippen LogP contribution is 2.30. The molecule has 10 heteroatoms. The van der Waals surface area contributed by atoms with E-state index in [2.05, 4.69) is 5.32 Å². The number of hydrogen-bond acceptors (Lipinski definition) is 4. The highest BCUT2D eigenvalue weighted by Gasteiger charge is 2.34. The second-order valence-corrected chi connectivity index (χ2v) is 13.7. The van der Waals surface area contributed by atoms with Gasteiger partial charge in [0.2, 0.25) is 11.8 Å². The first-order valence-corrected chi connectivity index (χ1v) is 16.3. The van der Waals surface area contributed by atoms with Crippen LogP contribution < -0.4 is 9.62 Å². The van der Waals surface area contributed by atoms with Gasteiger partial charge in [0, 0.05) is 22.6 Å². The Kier molecular flexibility index (Phi) is 10.2. The molecule has 42 heavy (non-hydrogen) atoms. The molecule has 3 aromatic rings. The lowest BCUT2D eigenvalue weighted by Gasteiger charge is -2.33. The normalized spacial score (nSPS) is 14.4. The summed E-state index contributed by atoms with van der Waals surface area (Å²) in [5.74, 6) is -0.827. The summed E-state index contributed by atoms with van der Waals surface area (Å²) in [5.41, 5.74) is 3.53. The maximum atomic E-state index is 14.2. The molecule has 0 heterocycles. The lowest BCUT2D eigenvalue weighted by molar-refractivity contribution is -0.139. The topological polar surface area (TPSA) is 86.8 Å². The number of amides is 2. The summed E-state index contributed by atoms with van der Waals surface area (Å²) in [4.78, 5) is 29.0. The van der Waals surface area contributed by atoms with Gasteiger partial charge in [0.1, 0.15) is 12.6 Å². The van der Waals surface area contributed by atoms with Crippen molar-refractivity contribution in [3.8, 4) is 0 Å². The molecule has 0 aromatic heterocycles. The number of sulfonamides is 1. The summed E-state index contributed by atoms with van der Waals surface area (Å²) in [5, 5.41) is 3.86. The first-order chi connectivity index (χ1) is 19.9. The van der Waals surface area contributed by atoms with Crippen molar-refractivity contribution in [3.05, 3.63) is 93.0 Å². The van der Waals surface area contributed by atoms with Crippen LogP contribution in [-0.4, -0.2) is 43.8 Å². The number of anilines is 1. The predicted octanol–water partition coefficient (Wildman–Crippen LogP) is 6.59. The van der Waals surface area contributed by atoms with Crippen molar-refractivity contribution in [2.24, 2.45) is 0 Å². The Morgan fingerprint density at radius 2 is 1.64 bits per heavy atom. The average Bonchev–Trinajstić information content (AvgIpc) is 3.46. The van der Waals surface area contributed by atoms with Crippen LogP contribution >= 0.6 is 23.2 Å². The van der Waals surface area contributed by atoms with Crippen molar-refractivity contribution in [2.75, 3.05) is 10.8 Å². The van der Waals surface area contributed by atoms with Gasteiger partial charge in [0.05, 0.1) is 10.6 Å². The molecule has 0 radical (unpaired) electrons. The largest absolute Gasteiger partial charge is 0.352 e. The molecule has 0 bridgehead atoms. The van der Waals surface area contributed by atoms with E-state index >= 15 is 0 Å². The Morgan fingerprint density at radius 3 is 2.29 bits per heavy atom. The molecule has 224 valence electrons. The quantitative estimate of drug-likeness (QED) is 0.274. The lowest BCUT2D eigenvalue weighted by atomic mass is 10.1. The van der Waals surface area contributed by atoms with Crippen LogP contribution in [0.2, 0.25) is 10.0 Å². The van der Waals surface area contributed by atoms with Crippen molar-refractivity contribution in [1.29, 1.82) is 0 Å². The van der Waals surface area contributed by atoms with Gasteiger partial charge in [-0.25, -0.2) is 8.42 Å². The maximum Gasteiger partial charge on any atom is 0.264 e. The Morgan fingerprint density at radius 1 is 0.976 bits per heavy atom. The summed E-state index contributed by atoms with van der Waals surface area (Å²) in [7, 11) is -4.15. The first-order valence-electron chi connectivity index (χ1n) is 14.1. The highest BCUT2D eigenvalue weighted by molar-refractivity contribution is 7.92. The molecule has 1 saturated carbocycles. The number of carbonyl (C=O) groups excluding carboxylic acids is 2. The fourth-order valence-corrected chi connectivity index (χ4v) is 7.10. The smallest absolute Gasteiger partial charge is 0.264 e.